The van der Waals surface area contributed by atoms with Crippen molar-refractivity contribution < 1.29 is 14.6 Å². The minimum Gasteiger partial charge on any atom is -0.496 e. The van der Waals surface area contributed by atoms with Gasteiger partial charge in [0.15, 0.2) is 0 Å². The Kier molecular flexibility index (Phi) is 3.79. The van der Waals surface area contributed by atoms with Crippen molar-refractivity contribution in [3.63, 3.8) is 0 Å². The number of aromatic nitrogens is 2. The first kappa shape index (κ1) is 14.1. The zero-order valence-corrected chi connectivity index (χ0v) is 12.1. The molecule has 0 aliphatic rings. The molecule has 106 valence electrons. The molecule has 5 nitrogen and oxygen atoms in total. The summed E-state index contributed by atoms with van der Waals surface area (Å²) >= 11 is 0. The number of aromatic carboxylic acids is 1. The number of ether oxygens (including phenoxy) is 1. The molecule has 0 aliphatic carbocycles. The van der Waals surface area contributed by atoms with Crippen LogP contribution in [0.15, 0.2) is 18.2 Å². The predicted octanol–water partition coefficient (Wildman–Crippen LogP) is 2.66. The van der Waals surface area contributed by atoms with Crippen molar-refractivity contribution >= 4 is 5.97 Å². The van der Waals surface area contributed by atoms with E-state index in [1.807, 2.05) is 25.1 Å². The molecular formula is C15H18N2O3. The van der Waals surface area contributed by atoms with Crippen molar-refractivity contribution in [1.29, 1.82) is 0 Å². The molecule has 0 fully saturated rings. The maximum absolute atomic E-state index is 11.4. The fraction of sp³-hybridized carbons (Fsp3) is 0.333. The molecule has 0 spiro atoms. The van der Waals surface area contributed by atoms with Crippen LogP contribution >= 0.6 is 0 Å². The average molecular weight is 274 g/mol. The first-order valence-corrected chi connectivity index (χ1v) is 6.43. The average Bonchev–Trinajstić information content (AvgIpc) is 2.72. The largest absolute Gasteiger partial charge is 0.496 e. The standard InChI is InChI=1S/C15H18N2O3/c1-5-10-8-11(6-7-12(10)20-4)14-13(15(18)19)9(2)16-17(14)3/h6-8H,5H2,1-4H3,(H,18,19). The minimum absolute atomic E-state index is 0.250. The molecule has 1 aromatic heterocycles. The van der Waals surface area contributed by atoms with E-state index < -0.39 is 5.97 Å². The summed E-state index contributed by atoms with van der Waals surface area (Å²) in [4.78, 5) is 11.4. The molecule has 0 radical (unpaired) electrons. The molecule has 0 atom stereocenters. The molecule has 0 bridgehead atoms. The van der Waals surface area contributed by atoms with Gasteiger partial charge >= 0.3 is 5.97 Å². The van der Waals surface area contributed by atoms with Gasteiger partial charge in [-0.2, -0.15) is 5.10 Å². The number of hydrogen-bond donors (Lipinski definition) is 1. The van der Waals surface area contributed by atoms with Gasteiger partial charge in [-0.05, 0) is 37.1 Å². The lowest BCUT2D eigenvalue weighted by molar-refractivity contribution is 0.0697. The first-order chi connectivity index (χ1) is 9.49. The zero-order valence-electron chi connectivity index (χ0n) is 12.1. The minimum atomic E-state index is -0.959. The maximum atomic E-state index is 11.4. The SMILES string of the molecule is CCc1cc(-c2c(C(=O)O)c(C)nn2C)ccc1OC. The summed E-state index contributed by atoms with van der Waals surface area (Å²) < 4.78 is 6.91. The fourth-order valence-electron chi connectivity index (χ4n) is 2.45. The summed E-state index contributed by atoms with van der Waals surface area (Å²) in [5.74, 6) is -0.147. The Balaban J connectivity index is 2.66. The van der Waals surface area contributed by atoms with Crippen LogP contribution in [-0.4, -0.2) is 28.0 Å². The highest BCUT2D eigenvalue weighted by molar-refractivity contribution is 5.96. The Morgan fingerprint density at radius 3 is 2.70 bits per heavy atom. The number of carboxylic acids is 1. The second-order valence-electron chi connectivity index (χ2n) is 4.62. The molecule has 0 saturated carbocycles. The molecule has 0 saturated heterocycles. The zero-order chi connectivity index (χ0) is 14.9. The van der Waals surface area contributed by atoms with E-state index in [4.69, 9.17) is 4.74 Å². The number of rotatable bonds is 4. The van der Waals surface area contributed by atoms with E-state index >= 15 is 0 Å². The van der Waals surface area contributed by atoms with Crippen molar-refractivity contribution in [3.8, 4) is 17.0 Å². The van der Waals surface area contributed by atoms with Gasteiger partial charge < -0.3 is 9.84 Å². The van der Waals surface area contributed by atoms with Crippen LogP contribution in [-0.2, 0) is 13.5 Å². The van der Waals surface area contributed by atoms with Crippen molar-refractivity contribution in [2.24, 2.45) is 7.05 Å². The highest BCUT2D eigenvalue weighted by Gasteiger charge is 2.21. The van der Waals surface area contributed by atoms with Gasteiger partial charge in [0.25, 0.3) is 0 Å². The molecule has 2 rings (SSSR count). The lowest BCUT2D eigenvalue weighted by Crippen LogP contribution is -2.02. The summed E-state index contributed by atoms with van der Waals surface area (Å²) in [5, 5.41) is 13.6. The van der Waals surface area contributed by atoms with E-state index in [0.717, 1.165) is 23.3 Å². The van der Waals surface area contributed by atoms with Crippen LogP contribution in [0.4, 0.5) is 0 Å². The van der Waals surface area contributed by atoms with Gasteiger partial charge in [-0.15, -0.1) is 0 Å². The van der Waals surface area contributed by atoms with Gasteiger partial charge in [-0.1, -0.05) is 6.92 Å². The maximum Gasteiger partial charge on any atom is 0.339 e. The number of benzene rings is 1. The summed E-state index contributed by atoms with van der Waals surface area (Å²) in [6.45, 7) is 3.74. The van der Waals surface area contributed by atoms with Gasteiger partial charge in [-0.25, -0.2) is 4.79 Å². The van der Waals surface area contributed by atoms with Gasteiger partial charge in [0.2, 0.25) is 0 Å². The molecule has 1 heterocycles. The number of carboxylic acid groups (broad SMARTS) is 1. The Hall–Kier alpha value is -2.30. The number of nitrogens with zero attached hydrogens (tertiary/aromatic N) is 2. The van der Waals surface area contributed by atoms with E-state index in [1.165, 1.54) is 0 Å². The van der Waals surface area contributed by atoms with Crippen molar-refractivity contribution in [2.45, 2.75) is 20.3 Å². The van der Waals surface area contributed by atoms with E-state index in [9.17, 15) is 9.90 Å². The third-order valence-electron chi connectivity index (χ3n) is 3.37. The highest BCUT2D eigenvalue weighted by Crippen LogP contribution is 2.30. The summed E-state index contributed by atoms with van der Waals surface area (Å²) in [5.41, 5.74) is 3.26. The van der Waals surface area contributed by atoms with Gasteiger partial charge in [0.1, 0.15) is 11.3 Å². The molecule has 5 heteroatoms. The van der Waals surface area contributed by atoms with Gasteiger partial charge in [-0.3, -0.25) is 4.68 Å². The predicted molar refractivity (Wildman–Crippen MR) is 76.3 cm³/mol. The van der Waals surface area contributed by atoms with Crippen molar-refractivity contribution in [2.75, 3.05) is 7.11 Å². The van der Waals surface area contributed by atoms with Crippen LogP contribution in [0, 0.1) is 6.92 Å². The Morgan fingerprint density at radius 1 is 1.45 bits per heavy atom. The number of carbonyl (C=O) groups is 1. The molecule has 1 aromatic carbocycles. The molecule has 2 aromatic rings. The fourth-order valence-corrected chi connectivity index (χ4v) is 2.45. The van der Waals surface area contributed by atoms with E-state index in [1.54, 1.807) is 25.8 Å². The Bertz CT molecular complexity index is 659. The van der Waals surface area contributed by atoms with Crippen molar-refractivity contribution in [1.82, 2.24) is 9.78 Å². The van der Waals surface area contributed by atoms with E-state index in [-0.39, 0.29) is 5.56 Å². The number of hydrogen-bond acceptors (Lipinski definition) is 3. The van der Waals surface area contributed by atoms with Crippen molar-refractivity contribution in [3.05, 3.63) is 35.0 Å². The third kappa shape index (κ3) is 2.27. The lowest BCUT2D eigenvalue weighted by atomic mass is 10.0. The Morgan fingerprint density at radius 2 is 2.15 bits per heavy atom. The summed E-state index contributed by atoms with van der Waals surface area (Å²) in [7, 11) is 3.38. The van der Waals surface area contributed by atoms with E-state index in [0.29, 0.717) is 11.4 Å². The van der Waals surface area contributed by atoms with Crippen LogP contribution in [0.25, 0.3) is 11.3 Å². The van der Waals surface area contributed by atoms with E-state index in [2.05, 4.69) is 5.10 Å². The molecule has 0 amide bonds. The van der Waals surface area contributed by atoms with Crippen LogP contribution in [0.1, 0.15) is 28.5 Å². The second kappa shape index (κ2) is 5.36. The topological polar surface area (TPSA) is 64.3 Å². The summed E-state index contributed by atoms with van der Waals surface area (Å²) in [6, 6.07) is 5.69. The van der Waals surface area contributed by atoms with Crippen LogP contribution in [0.5, 0.6) is 5.75 Å². The van der Waals surface area contributed by atoms with Gasteiger partial charge in [0, 0.05) is 12.6 Å². The highest BCUT2D eigenvalue weighted by atomic mass is 16.5. The smallest absolute Gasteiger partial charge is 0.339 e. The Labute approximate surface area is 117 Å². The lowest BCUT2D eigenvalue weighted by Gasteiger charge is -2.10. The van der Waals surface area contributed by atoms with Crippen LogP contribution in [0.3, 0.4) is 0 Å². The quantitative estimate of drug-likeness (QED) is 0.931. The molecule has 0 unspecified atom stereocenters. The normalized spacial score (nSPS) is 10.6. The van der Waals surface area contributed by atoms with Crippen LogP contribution in [0.2, 0.25) is 0 Å². The first-order valence-electron chi connectivity index (χ1n) is 6.43. The van der Waals surface area contributed by atoms with Gasteiger partial charge in [0.05, 0.1) is 18.5 Å². The molecule has 0 aliphatic heterocycles. The second-order valence-corrected chi connectivity index (χ2v) is 4.62. The number of methoxy groups -OCH3 is 1. The summed E-state index contributed by atoms with van der Waals surface area (Å²) in [6.07, 6.45) is 0.816. The molecular weight excluding hydrogens is 256 g/mol. The molecule has 1 N–H and O–H groups in total. The van der Waals surface area contributed by atoms with Crippen LogP contribution < -0.4 is 4.74 Å². The number of aryl methyl sites for hydroxylation is 3. The monoisotopic (exact) mass is 274 g/mol. The molecule has 20 heavy (non-hydrogen) atoms. The third-order valence-corrected chi connectivity index (χ3v) is 3.37.